The predicted molar refractivity (Wildman–Crippen MR) is 77.8 cm³/mol. The molecule has 1 aromatic rings. The molecule has 0 N–H and O–H groups in total. The summed E-state index contributed by atoms with van der Waals surface area (Å²) in [6.07, 6.45) is 1.45. The van der Waals surface area contributed by atoms with Crippen molar-refractivity contribution in [2.45, 2.75) is 52.6 Å². The largest absolute Gasteiger partial charge is 0.454 e. The van der Waals surface area contributed by atoms with Crippen molar-refractivity contribution in [2.75, 3.05) is 6.79 Å². The molecule has 4 heteroatoms. The molecule has 0 unspecified atom stereocenters. The van der Waals surface area contributed by atoms with Gasteiger partial charge in [0.1, 0.15) is 0 Å². The topological polar surface area (TPSA) is 38.8 Å². The van der Waals surface area contributed by atoms with Crippen LogP contribution < -0.4 is 9.47 Å². The number of nitrogens with zero attached hydrogens (tertiary/aromatic N) is 1. The number of ether oxygens (including phenoxy) is 2. The van der Waals surface area contributed by atoms with E-state index in [4.69, 9.17) is 9.47 Å². The molecule has 0 saturated heterocycles. The maximum Gasteiger partial charge on any atom is 0.231 e. The summed E-state index contributed by atoms with van der Waals surface area (Å²) in [5, 5.41) is 0. The Morgan fingerprint density at radius 2 is 1.95 bits per heavy atom. The number of hydrogen-bond donors (Lipinski definition) is 0. The van der Waals surface area contributed by atoms with Crippen LogP contribution in [0.15, 0.2) is 18.2 Å². The van der Waals surface area contributed by atoms with Crippen molar-refractivity contribution < 1.29 is 14.3 Å². The molecule has 20 heavy (non-hydrogen) atoms. The van der Waals surface area contributed by atoms with Crippen molar-refractivity contribution in [3.8, 4) is 11.5 Å². The predicted octanol–water partition coefficient (Wildman–Crippen LogP) is 3.34. The lowest BCUT2D eigenvalue weighted by molar-refractivity contribution is -0.136. The molecule has 0 fully saturated rings. The first-order valence-electron chi connectivity index (χ1n) is 7.11. The molecule has 0 bridgehead atoms. The van der Waals surface area contributed by atoms with E-state index >= 15 is 0 Å². The van der Waals surface area contributed by atoms with Gasteiger partial charge < -0.3 is 14.4 Å². The molecule has 2 rings (SSSR count). The number of amides is 1. The van der Waals surface area contributed by atoms with Crippen LogP contribution in [0.5, 0.6) is 11.5 Å². The zero-order chi connectivity index (χ0) is 14.8. The highest BCUT2D eigenvalue weighted by Crippen LogP contribution is 2.33. The second-order valence-electron chi connectivity index (χ2n) is 6.09. The maximum absolute atomic E-state index is 12.3. The first kappa shape index (κ1) is 14.7. The van der Waals surface area contributed by atoms with Crippen LogP contribution in [0.1, 0.15) is 46.1 Å². The molecule has 110 valence electrons. The van der Waals surface area contributed by atoms with E-state index in [1.807, 2.05) is 30.0 Å². The summed E-state index contributed by atoms with van der Waals surface area (Å²) < 4.78 is 10.7. The highest BCUT2D eigenvalue weighted by Gasteiger charge is 2.26. The molecule has 1 amide bonds. The summed E-state index contributed by atoms with van der Waals surface area (Å²) >= 11 is 0. The molecule has 4 nitrogen and oxygen atoms in total. The molecule has 0 spiro atoms. The van der Waals surface area contributed by atoms with Crippen LogP contribution in [0, 0.1) is 0 Å². The van der Waals surface area contributed by atoms with E-state index in [2.05, 4.69) is 20.8 Å². The van der Waals surface area contributed by atoms with Crippen molar-refractivity contribution in [1.82, 2.24) is 4.90 Å². The van der Waals surface area contributed by atoms with E-state index in [9.17, 15) is 4.79 Å². The average Bonchev–Trinajstić information content (AvgIpc) is 2.82. The fourth-order valence-corrected chi connectivity index (χ4v) is 2.27. The van der Waals surface area contributed by atoms with Crippen LogP contribution in [0.2, 0.25) is 0 Å². The van der Waals surface area contributed by atoms with Crippen LogP contribution in [-0.4, -0.2) is 23.1 Å². The Labute approximate surface area is 120 Å². The van der Waals surface area contributed by atoms with Gasteiger partial charge in [0.2, 0.25) is 12.7 Å². The molecule has 1 aliphatic heterocycles. The van der Waals surface area contributed by atoms with Gasteiger partial charge >= 0.3 is 0 Å². The number of rotatable bonds is 4. The van der Waals surface area contributed by atoms with E-state index in [1.165, 1.54) is 0 Å². The van der Waals surface area contributed by atoms with Gasteiger partial charge in [-0.3, -0.25) is 4.79 Å². The van der Waals surface area contributed by atoms with Gasteiger partial charge in [0.25, 0.3) is 0 Å². The van der Waals surface area contributed by atoms with E-state index in [0.717, 1.165) is 23.5 Å². The molecule has 0 aliphatic carbocycles. The minimum absolute atomic E-state index is 0.192. The smallest absolute Gasteiger partial charge is 0.231 e. The molecule has 0 atom stereocenters. The average molecular weight is 277 g/mol. The standard InChI is InChI=1S/C16H23NO3/c1-5-6-15(18)17(16(2,3)4)10-12-7-8-13-14(9-12)20-11-19-13/h7-9H,5-6,10-11H2,1-4H3. The minimum Gasteiger partial charge on any atom is -0.454 e. The van der Waals surface area contributed by atoms with Crippen LogP contribution in [0.3, 0.4) is 0 Å². The molecule has 1 aliphatic rings. The molecule has 1 aromatic carbocycles. The van der Waals surface area contributed by atoms with E-state index < -0.39 is 0 Å². The summed E-state index contributed by atoms with van der Waals surface area (Å²) in [4.78, 5) is 14.2. The highest BCUT2D eigenvalue weighted by molar-refractivity contribution is 5.77. The normalized spacial score (nSPS) is 13.4. The Morgan fingerprint density at radius 3 is 2.60 bits per heavy atom. The quantitative estimate of drug-likeness (QED) is 0.847. The second-order valence-corrected chi connectivity index (χ2v) is 6.09. The maximum atomic E-state index is 12.3. The van der Waals surface area contributed by atoms with Crippen molar-refractivity contribution in [3.63, 3.8) is 0 Å². The van der Waals surface area contributed by atoms with Gasteiger partial charge in [-0.25, -0.2) is 0 Å². The van der Waals surface area contributed by atoms with Crippen molar-refractivity contribution in [2.24, 2.45) is 0 Å². The lowest BCUT2D eigenvalue weighted by atomic mass is 10.0. The molecule has 0 saturated carbocycles. The van der Waals surface area contributed by atoms with Gasteiger partial charge in [-0.15, -0.1) is 0 Å². The van der Waals surface area contributed by atoms with Gasteiger partial charge in [-0.05, 0) is 44.9 Å². The number of hydrogen-bond acceptors (Lipinski definition) is 3. The molecule has 1 heterocycles. The highest BCUT2D eigenvalue weighted by atomic mass is 16.7. The summed E-state index contributed by atoms with van der Waals surface area (Å²) in [5.41, 5.74) is 0.872. The van der Waals surface area contributed by atoms with E-state index in [-0.39, 0.29) is 18.2 Å². The third-order valence-corrected chi connectivity index (χ3v) is 3.35. The Bertz CT molecular complexity index is 491. The fraction of sp³-hybridized carbons (Fsp3) is 0.562. The van der Waals surface area contributed by atoms with Crippen molar-refractivity contribution >= 4 is 5.91 Å². The van der Waals surface area contributed by atoms with Gasteiger partial charge in [-0.1, -0.05) is 13.0 Å². The monoisotopic (exact) mass is 277 g/mol. The summed E-state index contributed by atoms with van der Waals surface area (Å²) in [5.74, 6) is 1.73. The lowest BCUT2D eigenvalue weighted by Gasteiger charge is -2.36. The van der Waals surface area contributed by atoms with Crippen LogP contribution in [0.4, 0.5) is 0 Å². The van der Waals surface area contributed by atoms with Crippen molar-refractivity contribution in [1.29, 1.82) is 0 Å². The van der Waals surface area contributed by atoms with Crippen LogP contribution >= 0.6 is 0 Å². The number of carbonyl (C=O) groups excluding carboxylic acids is 1. The summed E-state index contributed by atoms with van der Waals surface area (Å²) in [6, 6.07) is 5.86. The zero-order valence-corrected chi connectivity index (χ0v) is 12.7. The number of fused-ring (bicyclic) bond motifs is 1. The Balaban J connectivity index is 2.17. The fourth-order valence-electron chi connectivity index (χ4n) is 2.27. The van der Waals surface area contributed by atoms with Gasteiger partial charge in [0, 0.05) is 18.5 Å². The van der Waals surface area contributed by atoms with Crippen LogP contribution in [-0.2, 0) is 11.3 Å². The number of benzene rings is 1. The summed E-state index contributed by atoms with van der Waals surface area (Å²) in [6.45, 7) is 9.09. The Kier molecular flexibility index (Phi) is 4.21. The van der Waals surface area contributed by atoms with Gasteiger partial charge in [0.05, 0.1) is 0 Å². The third-order valence-electron chi connectivity index (χ3n) is 3.35. The SMILES string of the molecule is CCCC(=O)N(Cc1ccc2c(c1)OCO2)C(C)(C)C. The van der Waals surface area contributed by atoms with Crippen LogP contribution in [0.25, 0.3) is 0 Å². The third kappa shape index (κ3) is 3.24. The van der Waals surface area contributed by atoms with E-state index in [1.54, 1.807) is 0 Å². The first-order chi connectivity index (χ1) is 9.41. The molecular formula is C16H23NO3. The van der Waals surface area contributed by atoms with Crippen molar-refractivity contribution in [3.05, 3.63) is 23.8 Å². The van der Waals surface area contributed by atoms with Gasteiger partial charge in [0.15, 0.2) is 11.5 Å². The first-order valence-corrected chi connectivity index (χ1v) is 7.11. The lowest BCUT2D eigenvalue weighted by Crippen LogP contribution is -2.44. The second kappa shape index (κ2) is 5.73. The molecular weight excluding hydrogens is 254 g/mol. The minimum atomic E-state index is -0.192. The number of carbonyl (C=O) groups is 1. The molecule has 0 radical (unpaired) electrons. The van der Waals surface area contributed by atoms with E-state index in [0.29, 0.717) is 13.0 Å². The van der Waals surface area contributed by atoms with Gasteiger partial charge in [-0.2, -0.15) is 0 Å². The summed E-state index contributed by atoms with van der Waals surface area (Å²) in [7, 11) is 0. The molecule has 0 aromatic heterocycles. The Hall–Kier alpha value is -1.71. The zero-order valence-electron chi connectivity index (χ0n) is 12.7. The Morgan fingerprint density at radius 1 is 1.25 bits per heavy atom.